The van der Waals surface area contributed by atoms with Crippen LogP contribution in [-0.2, 0) is 9.53 Å². The summed E-state index contributed by atoms with van der Waals surface area (Å²) in [5.41, 5.74) is 1.69. The van der Waals surface area contributed by atoms with E-state index in [1.807, 2.05) is 0 Å². The molecule has 0 saturated heterocycles. The summed E-state index contributed by atoms with van der Waals surface area (Å²) < 4.78 is 18.3. The molecule has 1 aliphatic carbocycles. The molecule has 2 atom stereocenters. The van der Waals surface area contributed by atoms with Gasteiger partial charge in [0.1, 0.15) is 5.82 Å². The minimum atomic E-state index is -0.330. The highest BCUT2D eigenvalue weighted by molar-refractivity contribution is 5.94. The normalized spacial score (nSPS) is 19.2. The molecule has 1 aromatic heterocycles. The Hall–Kier alpha value is -2.76. The third kappa shape index (κ3) is 4.25. The number of aromatic nitrogens is 1. The molecule has 0 unspecified atom stereocenters. The molecule has 136 valence electrons. The summed E-state index contributed by atoms with van der Waals surface area (Å²) >= 11 is 0. The van der Waals surface area contributed by atoms with Gasteiger partial charge in [-0.05, 0) is 50.5 Å². The van der Waals surface area contributed by atoms with Gasteiger partial charge in [-0.1, -0.05) is 12.1 Å². The number of hydrogen-bond donors (Lipinski definition) is 1. The Bertz CT molecular complexity index is 792. The molecule has 1 amide bonds. The zero-order chi connectivity index (χ0) is 18.5. The number of rotatable bonds is 5. The minimum absolute atomic E-state index is 0.0419. The van der Waals surface area contributed by atoms with E-state index < -0.39 is 0 Å². The van der Waals surface area contributed by atoms with Crippen molar-refractivity contribution in [1.29, 1.82) is 0 Å². The molecule has 0 radical (unpaired) electrons. The summed E-state index contributed by atoms with van der Waals surface area (Å²) in [6.45, 7) is 2.16. The lowest BCUT2D eigenvalue weighted by molar-refractivity contribution is -0.147. The van der Waals surface area contributed by atoms with Crippen molar-refractivity contribution in [3.8, 4) is 11.3 Å². The first kappa shape index (κ1) is 18.0. The van der Waals surface area contributed by atoms with Crippen molar-refractivity contribution in [2.45, 2.75) is 32.2 Å². The third-order valence-electron chi connectivity index (χ3n) is 4.53. The Morgan fingerprint density at radius 3 is 2.81 bits per heavy atom. The van der Waals surface area contributed by atoms with Crippen molar-refractivity contribution in [3.05, 3.63) is 54.0 Å². The molecule has 0 spiro atoms. The quantitative estimate of drug-likeness (QED) is 0.834. The minimum Gasteiger partial charge on any atom is -0.466 e. The Labute approximate surface area is 151 Å². The van der Waals surface area contributed by atoms with Gasteiger partial charge in [-0.3, -0.25) is 14.6 Å². The molecular weight excluding hydrogens is 335 g/mol. The van der Waals surface area contributed by atoms with Crippen molar-refractivity contribution in [3.63, 3.8) is 0 Å². The predicted molar refractivity (Wildman–Crippen MR) is 94.9 cm³/mol. The smallest absolute Gasteiger partial charge is 0.308 e. The van der Waals surface area contributed by atoms with E-state index >= 15 is 0 Å². The number of carbonyl (C=O) groups is 2. The Kier molecular flexibility index (Phi) is 5.61. The van der Waals surface area contributed by atoms with Gasteiger partial charge in [0.2, 0.25) is 0 Å². The highest BCUT2D eigenvalue weighted by Gasteiger charge is 2.31. The number of esters is 1. The van der Waals surface area contributed by atoms with E-state index in [-0.39, 0.29) is 29.7 Å². The van der Waals surface area contributed by atoms with Gasteiger partial charge in [0.15, 0.2) is 0 Å². The summed E-state index contributed by atoms with van der Waals surface area (Å²) in [5, 5.41) is 2.94. The number of nitrogens with one attached hydrogen (secondary N) is 1. The molecule has 0 aliphatic heterocycles. The van der Waals surface area contributed by atoms with Crippen molar-refractivity contribution >= 4 is 11.9 Å². The maximum absolute atomic E-state index is 13.3. The number of benzene rings is 1. The average molecular weight is 356 g/mol. The summed E-state index contributed by atoms with van der Waals surface area (Å²) in [7, 11) is 0. The molecule has 1 aromatic carbocycles. The van der Waals surface area contributed by atoms with Crippen LogP contribution in [0.15, 0.2) is 42.6 Å². The summed E-state index contributed by atoms with van der Waals surface area (Å²) in [6, 6.07) is 9.47. The lowest BCUT2D eigenvalue weighted by Gasteiger charge is -2.13. The second-order valence-corrected chi connectivity index (χ2v) is 6.37. The Balaban J connectivity index is 1.60. The predicted octanol–water partition coefficient (Wildman–Crippen LogP) is 3.35. The number of carbonyl (C=O) groups excluding carboxylic acids is 2. The first-order valence-electron chi connectivity index (χ1n) is 8.76. The largest absolute Gasteiger partial charge is 0.466 e. The zero-order valence-corrected chi connectivity index (χ0v) is 14.6. The summed E-state index contributed by atoms with van der Waals surface area (Å²) in [4.78, 5) is 28.4. The lowest BCUT2D eigenvalue weighted by Crippen LogP contribution is -2.33. The number of hydrogen-bond acceptors (Lipinski definition) is 4. The zero-order valence-electron chi connectivity index (χ0n) is 14.6. The van der Waals surface area contributed by atoms with Crippen LogP contribution in [-0.4, -0.2) is 29.5 Å². The molecule has 0 bridgehead atoms. The van der Waals surface area contributed by atoms with Gasteiger partial charge in [-0.25, -0.2) is 4.39 Å². The van der Waals surface area contributed by atoms with E-state index in [4.69, 9.17) is 4.74 Å². The first-order valence-corrected chi connectivity index (χ1v) is 8.76. The molecule has 1 N–H and O–H groups in total. The summed E-state index contributed by atoms with van der Waals surface area (Å²) in [6.07, 6.45) is 3.55. The van der Waals surface area contributed by atoms with Gasteiger partial charge >= 0.3 is 5.97 Å². The summed E-state index contributed by atoms with van der Waals surface area (Å²) in [5.74, 6) is -0.889. The van der Waals surface area contributed by atoms with Crippen molar-refractivity contribution < 1.29 is 18.7 Å². The van der Waals surface area contributed by atoms with Crippen LogP contribution in [0.3, 0.4) is 0 Å². The highest BCUT2D eigenvalue weighted by Crippen LogP contribution is 2.27. The van der Waals surface area contributed by atoms with Gasteiger partial charge < -0.3 is 10.1 Å². The maximum Gasteiger partial charge on any atom is 0.308 e. The lowest BCUT2D eigenvalue weighted by atomic mass is 10.1. The number of halogens is 1. The maximum atomic E-state index is 13.3. The fourth-order valence-corrected chi connectivity index (χ4v) is 3.20. The SMILES string of the molecule is CCOC(=O)[C@H]1CC[C@@H](NC(=O)c2ccc(-c3cccc(F)c3)nc2)C1. The number of amides is 1. The Morgan fingerprint density at radius 2 is 2.12 bits per heavy atom. The number of ether oxygens (including phenoxy) is 1. The van der Waals surface area contributed by atoms with E-state index in [9.17, 15) is 14.0 Å². The third-order valence-corrected chi connectivity index (χ3v) is 4.53. The topological polar surface area (TPSA) is 68.3 Å². The van der Waals surface area contributed by atoms with E-state index in [1.54, 1.807) is 31.2 Å². The van der Waals surface area contributed by atoms with Crippen LogP contribution < -0.4 is 5.32 Å². The molecule has 5 nitrogen and oxygen atoms in total. The van der Waals surface area contributed by atoms with Gasteiger partial charge in [-0.2, -0.15) is 0 Å². The van der Waals surface area contributed by atoms with Crippen molar-refractivity contribution in [2.24, 2.45) is 5.92 Å². The van der Waals surface area contributed by atoms with E-state index in [1.165, 1.54) is 18.3 Å². The standard InChI is InChI=1S/C20H21FN2O3/c1-2-26-20(25)14-6-8-17(11-14)23-19(24)15-7-9-18(22-12-15)13-4-3-5-16(21)10-13/h3-5,7,9-10,12,14,17H,2,6,8,11H2,1H3,(H,23,24)/t14-,17+/m0/s1. The van der Waals surface area contributed by atoms with Gasteiger partial charge in [0.25, 0.3) is 5.91 Å². The molecule has 6 heteroatoms. The molecule has 2 aromatic rings. The molecule has 1 saturated carbocycles. The second-order valence-electron chi connectivity index (χ2n) is 6.37. The van der Waals surface area contributed by atoms with E-state index in [2.05, 4.69) is 10.3 Å². The van der Waals surface area contributed by atoms with E-state index in [0.29, 0.717) is 29.8 Å². The van der Waals surface area contributed by atoms with Crippen LogP contribution >= 0.6 is 0 Å². The van der Waals surface area contributed by atoms with Gasteiger partial charge in [-0.15, -0.1) is 0 Å². The monoisotopic (exact) mass is 356 g/mol. The molecule has 3 rings (SSSR count). The van der Waals surface area contributed by atoms with Crippen LogP contribution in [0.4, 0.5) is 4.39 Å². The number of nitrogens with zero attached hydrogens (tertiary/aromatic N) is 1. The molecule has 1 heterocycles. The van der Waals surface area contributed by atoms with Gasteiger partial charge in [0.05, 0.1) is 23.8 Å². The van der Waals surface area contributed by atoms with Crippen molar-refractivity contribution in [1.82, 2.24) is 10.3 Å². The number of pyridine rings is 1. The molecular formula is C20H21FN2O3. The molecule has 26 heavy (non-hydrogen) atoms. The van der Waals surface area contributed by atoms with Crippen LogP contribution in [0, 0.1) is 11.7 Å². The fourth-order valence-electron chi connectivity index (χ4n) is 3.20. The second kappa shape index (κ2) is 8.08. The van der Waals surface area contributed by atoms with Crippen LogP contribution in [0.1, 0.15) is 36.5 Å². The van der Waals surface area contributed by atoms with Crippen LogP contribution in [0.2, 0.25) is 0 Å². The Morgan fingerprint density at radius 1 is 1.27 bits per heavy atom. The van der Waals surface area contributed by atoms with E-state index in [0.717, 1.165) is 12.8 Å². The van der Waals surface area contributed by atoms with Crippen molar-refractivity contribution in [2.75, 3.05) is 6.61 Å². The molecule has 1 aliphatic rings. The van der Waals surface area contributed by atoms with Gasteiger partial charge in [0, 0.05) is 17.8 Å². The highest BCUT2D eigenvalue weighted by atomic mass is 19.1. The fraction of sp³-hybridized carbons (Fsp3) is 0.350. The van der Waals surface area contributed by atoms with Crippen LogP contribution in [0.5, 0.6) is 0 Å². The van der Waals surface area contributed by atoms with Crippen LogP contribution in [0.25, 0.3) is 11.3 Å². The first-order chi connectivity index (χ1) is 12.6. The average Bonchev–Trinajstić information content (AvgIpc) is 3.11. The molecule has 1 fully saturated rings.